The van der Waals surface area contributed by atoms with Gasteiger partial charge >= 0.3 is 12.4 Å². The number of nitrogens with two attached hydrogens (primary N) is 1. The molecule has 0 saturated heterocycles. The minimum absolute atomic E-state index is 0. The van der Waals surface area contributed by atoms with Crippen molar-refractivity contribution in [1.29, 1.82) is 0 Å². The van der Waals surface area contributed by atoms with Crippen LogP contribution < -0.4 is 5.73 Å². The van der Waals surface area contributed by atoms with Crippen molar-refractivity contribution in [1.82, 2.24) is 0 Å². The third kappa shape index (κ3) is 5.24. The SMILES string of the molecule is C=C(C)C[C@@H](N)c1ccc(C(F)(F)F)cc1C(F)(F)F.Cl. The molecule has 0 aliphatic carbocycles. The third-order valence-electron chi connectivity index (χ3n) is 2.65. The summed E-state index contributed by atoms with van der Waals surface area (Å²) in [4.78, 5) is 0. The Balaban J connectivity index is 0.00000400. The zero-order chi connectivity index (χ0) is 15.7. The van der Waals surface area contributed by atoms with Crippen LogP contribution in [0.15, 0.2) is 30.4 Å². The van der Waals surface area contributed by atoms with Crippen LogP contribution in [-0.4, -0.2) is 0 Å². The van der Waals surface area contributed by atoms with Crippen molar-refractivity contribution >= 4 is 12.4 Å². The summed E-state index contributed by atoms with van der Waals surface area (Å²) in [5, 5.41) is 0. The van der Waals surface area contributed by atoms with Gasteiger partial charge in [-0.2, -0.15) is 26.3 Å². The second-order valence-corrected chi connectivity index (χ2v) is 4.57. The highest BCUT2D eigenvalue weighted by atomic mass is 35.5. The molecular weight excluding hydrogens is 320 g/mol. The van der Waals surface area contributed by atoms with E-state index in [1.165, 1.54) is 0 Å². The largest absolute Gasteiger partial charge is 0.416 e. The van der Waals surface area contributed by atoms with Crippen molar-refractivity contribution in [3.63, 3.8) is 0 Å². The van der Waals surface area contributed by atoms with E-state index in [-0.39, 0.29) is 30.5 Å². The highest BCUT2D eigenvalue weighted by molar-refractivity contribution is 5.85. The summed E-state index contributed by atoms with van der Waals surface area (Å²) in [6, 6.07) is 0.418. The number of hydrogen-bond acceptors (Lipinski definition) is 1. The van der Waals surface area contributed by atoms with Crippen molar-refractivity contribution in [3.05, 3.63) is 47.0 Å². The zero-order valence-corrected chi connectivity index (χ0v) is 11.8. The van der Waals surface area contributed by atoms with E-state index in [0.717, 1.165) is 6.07 Å². The van der Waals surface area contributed by atoms with Crippen LogP contribution in [0.1, 0.15) is 36.1 Å². The van der Waals surface area contributed by atoms with Crippen LogP contribution in [-0.2, 0) is 12.4 Å². The normalized spacial score (nSPS) is 13.5. The monoisotopic (exact) mass is 333 g/mol. The first-order chi connectivity index (χ1) is 8.93. The van der Waals surface area contributed by atoms with E-state index in [2.05, 4.69) is 6.58 Å². The fourth-order valence-corrected chi connectivity index (χ4v) is 1.79. The van der Waals surface area contributed by atoms with Gasteiger partial charge in [0.25, 0.3) is 0 Å². The van der Waals surface area contributed by atoms with Crippen molar-refractivity contribution in [2.45, 2.75) is 31.7 Å². The fraction of sp³-hybridized carbons (Fsp3) is 0.385. The maximum absolute atomic E-state index is 12.9. The smallest absolute Gasteiger partial charge is 0.324 e. The molecule has 1 aromatic rings. The summed E-state index contributed by atoms with van der Waals surface area (Å²) in [5.74, 6) is 0. The molecule has 0 aromatic heterocycles. The average molecular weight is 334 g/mol. The lowest BCUT2D eigenvalue weighted by Crippen LogP contribution is -2.19. The van der Waals surface area contributed by atoms with Crippen LogP contribution >= 0.6 is 12.4 Å². The predicted molar refractivity (Wildman–Crippen MR) is 70.1 cm³/mol. The summed E-state index contributed by atoms with van der Waals surface area (Å²) in [7, 11) is 0. The fourth-order valence-electron chi connectivity index (χ4n) is 1.79. The van der Waals surface area contributed by atoms with Crippen molar-refractivity contribution in [3.8, 4) is 0 Å². The van der Waals surface area contributed by atoms with Gasteiger partial charge in [-0.1, -0.05) is 11.6 Å². The molecule has 0 radical (unpaired) electrons. The first kappa shape index (κ1) is 19.8. The molecule has 21 heavy (non-hydrogen) atoms. The van der Waals surface area contributed by atoms with Gasteiger partial charge in [0, 0.05) is 6.04 Å². The molecule has 1 atom stereocenters. The molecule has 0 unspecified atom stereocenters. The molecule has 1 aromatic carbocycles. The van der Waals surface area contributed by atoms with Gasteiger partial charge in [-0.05, 0) is 31.0 Å². The van der Waals surface area contributed by atoms with Gasteiger partial charge in [-0.25, -0.2) is 0 Å². The summed E-state index contributed by atoms with van der Waals surface area (Å²) in [5.41, 5.74) is 3.08. The van der Waals surface area contributed by atoms with Gasteiger partial charge < -0.3 is 5.73 Å². The highest BCUT2D eigenvalue weighted by Crippen LogP contribution is 2.39. The van der Waals surface area contributed by atoms with Crippen LogP contribution in [0.2, 0.25) is 0 Å². The maximum atomic E-state index is 12.9. The summed E-state index contributed by atoms with van der Waals surface area (Å²) in [6.45, 7) is 5.11. The number of alkyl halides is 6. The molecule has 1 rings (SSSR count). The first-order valence-electron chi connectivity index (χ1n) is 5.61. The average Bonchev–Trinajstić information content (AvgIpc) is 2.24. The van der Waals surface area contributed by atoms with E-state index < -0.39 is 29.5 Å². The second kappa shape index (κ2) is 6.70. The first-order valence-corrected chi connectivity index (χ1v) is 5.61. The lowest BCUT2D eigenvalue weighted by atomic mass is 9.94. The predicted octanol–water partition coefficient (Wildman–Crippen LogP) is 5.11. The van der Waals surface area contributed by atoms with Crippen LogP contribution in [0, 0.1) is 0 Å². The van der Waals surface area contributed by atoms with E-state index in [1.54, 1.807) is 6.92 Å². The molecule has 0 aliphatic heterocycles. The van der Waals surface area contributed by atoms with Gasteiger partial charge in [0.05, 0.1) is 11.1 Å². The quantitative estimate of drug-likeness (QED) is 0.603. The maximum Gasteiger partial charge on any atom is 0.416 e. The Morgan fingerprint density at radius 3 is 2.05 bits per heavy atom. The molecule has 0 heterocycles. The van der Waals surface area contributed by atoms with Gasteiger partial charge in [0.1, 0.15) is 0 Å². The minimum Gasteiger partial charge on any atom is -0.324 e. The van der Waals surface area contributed by atoms with Gasteiger partial charge in [-0.15, -0.1) is 19.0 Å². The molecule has 120 valence electrons. The number of hydrogen-bond donors (Lipinski definition) is 1. The van der Waals surface area contributed by atoms with E-state index in [0.29, 0.717) is 11.6 Å². The molecule has 0 spiro atoms. The Hall–Kier alpha value is -1.21. The van der Waals surface area contributed by atoms with E-state index in [4.69, 9.17) is 5.73 Å². The Bertz CT molecular complexity index is 506. The zero-order valence-electron chi connectivity index (χ0n) is 11.0. The molecule has 0 aliphatic rings. The Kier molecular flexibility index (Phi) is 6.31. The Labute approximate surface area is 124 Å². The van der Waals surface area contributed by atoms with Crippen LogP contribution in [0.3, 0.4) is 0 Å². The van der Waals surface area contributed by atoms with E-state index in [9.17, 15) is 26.3 Å². The number of rotatable bonds is 3. The molecular formula is C13H14ClF6N. The second-order valence-electron chi connectivity index (χ2n) is 4.57. The Morgan fingerprint density at radius 1 is 1.14 bits per heavy atom. The molecule has 0 saturated carbocycles. The number of benzene rings is 1. The van der Waals surface area contributed by atoms with E-state index in [1.807, 2.05) is 0 Å². The number of halogens is 7. The topological polar surface area (TPSA) is 26.0 Å². The van der Waals surface area contributed by atoms with Crippen molar-refractivity contribution in [2.75, 3.05) is 0 Å². The molecule has 0 fully saturated rings. The van der Waals surface area contributed by atoms with Gasteiger partial charge in [-0.3, -0.25) is 0 Å². The summed E-state index contributed by atoms with van der Waals surface area (Å²) < 4.78 is 76.1. The van der Waals surface area contributed by atoms with Crippen molar-refractivity contribution in [2.24, 2.45) is 5.73 Å². The van der Waals surface area contributed by atoms with Crippen LogP contribution in [0.25, 0.3) is 0 Å². The third-order valence-corrected chi connectivity index (χ3v) is 2.65. The molecule has 2 N–H and O–H groups in total. The lowest BCUT2D eigenvalue weighted by molar-refractivity contribution is -0.143. The van der Waals surface area contributed by atoms with Crippen molar-refractivity contribution < 1.29 is 26.3 Å². The summed E-state index contributed by atoms with van der Waals surface area (Å²) >= 11 is 0. The lowest BCUT2D eigenvalue weighted by Gasteiger charge is -2.20. The van der Waals surface area contributed by atoms with Gasteiger partial charge in [0.2, 0.25) is 0 Å². The standard InChI is InChI=1S/C13H13F6N.ClH/c1-7(2)5-11(20)9-4-3-8(12(14,15)16)6-10(9)13(17,18)19;/h3-4,6,11H,1,5,20H2,2H3;1H/t11-;/m1./s1. The minimum atomic E-state index is -4.90. The van der Waals surface area contributed by atoms with Crippen LogP contribution in [0.4, 0.5) is 26.3 Å². The van der Waals surface area contributed by atoms with E-state index >= 15 is 0 Å². The highest BCUT2D eigenvalue weighted by Gasteiger charge is 2.38. The Morgan fingerprint density at radius 2 is 1.67 bits per heavy atom. The molecule has 1 nitrogen and oxygen atoms in total. The van der Waals surface area contributed by atoms with Gasteiger partial charge in [0.15, 0.2) is 0 Å². The van der Waals surface area contributed by atoms with Crippen LogP contribution in [0.5, 0.6) is 0 Å². The molecule has 0 amide bonds. The molecule has 0 bridgehead atoms. The summed E-state index contributed by atoms with van der Waals surface area (Å²) in [6.07, 6.45) is -9.67. The molecule has 8 heteroatoms.